The molecule has 2 heterocycles. The van der Waals surface area contributed by atoms with Gasteiger partial charge in [0.2, 0.25) is 5.13 Å². The fraction of sp³-hybridized carbons (Fsp3) is 0.226. The first kappa shape index (κ1) is 29.3. The highest BCUT2D eigenvalue weighted by Gasteiger charge is 2.48. The van der Waals surface area contributed by atoms with E-state index in [2.05, 4.69) is 10.2 Å². The minimum Gasteiger partial charge on any atom is -0.507 e. The van der Waals surface area contributed by atoms with Crippen LogP contribution in [0.25, 0.3) is 5.76 Å². The van der Waals surface area contributed by atoms with Crippen LogP contribution in [-0.4, -0.2) is 40.2 Å². The van der Waals surface area contributed by atoms with Crippen LogP contribution in [0.2, 0.25) is 0 Å². The molecule has 5 rings (SSSR count). The lowest BCUT2D eigenvalue weighted by molar-refractivity contribution is -0.132. The van der Waals surface area contributed by atoms with E-state index in [4.69, 9.17) is 9.47 Å². The molecule has 1 amide bonds. The summed E-state index contributed by atoms with van der Waals surface area (Å²) in [5, 5.41) is 20.0. The largest absolute Gasteiger partial charge is 0.507 e. The Bertz CT molecular complexity index is 1650. The number of ether oxygens (including phenoxy) is 2. The van der Waals surface area contributed by atoms with Gasteiger partial charge in [0.1, 0.15) is 11.6 Å². The maximum atomic E-state index is 14.1. The molecule has 0 saturated carbocycles. The van der Waals surface area contributed by atoms with E-state index in [0.717, 1.165) is 16.9 Å². The summed E-state index contributed by atoms with van der Waals surface area (Å²) in [6, 6.07) is 17.6. The number of amides is 1. The molecule has 1 unspecified atom stereocenters. The van der Waals surface area contributed by atoms with Gasteiger partial charge in [-0.3, -0.25) is 14.5 Å². The summed E-state index contributed by atoms with van der Waals surface area (Å²) < 4.78 is 26.2. The van der Waals surface area contributed by atoms with E-state index in [1.165, 1.54) is 22.7 Å². The highest BCUT2D eigenvalue weighted by Crippen LogP contribution is 2.45. The van der Waals surface area contributed by atoms with Crippen molar-refractivity contribution in [1.82, 2.24) is 10.2 Å². The average Bonchev–Trinajstić information content (AvgIpc) is 3.55. The third kappa shape index (κ3) is 5.88. The van der Waals surface area contributed by atoms with Crippen molar-refractivity contribution < 1.29 is 28.6 Å². The van der Waals surface area contributed by atoms with Crippen molar-refractivity contribution >= 4 is 45.7 Å². The molecular formula is C31H28FN3O5S2. The molecule has 0 spiro atoms. The van der Waals surface area contributed by atoms with Crippen molar-refractivity contribution in [3.8, 4) is 11.5 Å². The first-order valence-corrected chi connectivity index (χ1v) is 15.1. The summed E-state index contributed by atoms with van der Waals surface area (Å²) in [7, 11) is 0. The number of aromatic nitrogens is 2. The third-order valence-corrected chi connectivity index (χ3v) is 8.67. The average molecular weight is 606 g/mol. The van der Waals surface area contributed by atoms with Crippen LogP contribution in [0.1, 0.15) is 42.1 Å². The Morgan fingerprint density at radius 3 is 2.43 bits per heavy atom. The summed E-state index contributed by atoms with van der Waals surface area (Å²) in [6.07, 6.45) is 0. The molecule has 1 saturated heterocycles. The molecule has 1 aromatic heterocycles. The third-order valence-electron chi connectivity index (χ3n) is 6.56. The second-order valence-corrected chi connectivity index (χ2v) is 11.5. The number of nitrogens with zero attached hydrogens (tertiary/aromatic N) is 3. The number of aliphatic hydroxyl groups excluding tert-OH is 1. The van der Waals surface area contributed by atoms with E-state index in [1.807, 2.05) is 32.9 Å². The van der Waals surface area contributed by atoms with Crippen LogP contribution in [0, 0.1) is 12.7 Å². The molecule has 1 aliphatic rings. The molecular weight excluding hydrogens is 577 g/mol. The summed E-state index contributed by atoms with van der Waals surface area (Å²) in [5.74, 6) is -1.04. The Morgan fingerprint density at radius 1 is 1.00 bits per heavy atom. The van der Waals surface area contributed by atoms with Crippen molar-refractivity contribution in [2.75, 3.05) is 18.1 Å². The predicted molar refractivity (Wildman–Crippen MR) is 161 cm³/mol. The molecule has 0 radical (unpaired) electrons. The maximum Gasteiger partial charge on any atom is 0.301 e. The topological polar surface area (TPSA) is 102 Å². The van der Waals surface area contributed by atoms with Gasteiger partial charge in [-0.25, -0.2) is 4.39 Å². The van der Waals surface area contributed by atoms with Gasteiger partial charge in [-0.15, -0.1) is 10.2 Å². The number of thioether (sulfide) groups is 1. The van der Waals surface area contributed by atoms with Crippen molar-refractivity contribution in [2.24, 2.45) is 0 Å². The van der Waals surface area contributed by atoms with Gasteiger partial charge in [0.25, 0.3) is 5.78 Å². The number of anilines is 1. The Hall–Kier alpha value is -4.22. The van der Waals surface area contributed by atoms with Gasteiger partial charge in [0, 0.05) is 11.3 Å². The van der Waals surface area contributed by atoms with E-state index in [-0.39, 0.29) is 22.3 Å². The lowest BCUT2D eigenvalue weighted by atomic mass is 9.95. The normalized spacial score (nSPS) is 16.2. The Labute approximate surface area is 250 Å². The van der Waals surface area contributed by atoms with Crippen LogP contribution >= 0.6 is 23.1 Å². The number of aliphatic hydroxyl groups is 1. The zero-order valence-corrected chi connectivity index (χ0v) is 24.8. The second kappa shape index (κ2) is 12.7. The van der Waals surface area contributed by atoms with Crippen molar-refractivity contribution in [3.05, 3.63) is 100 Å². The second-order valence-electron chi connectivity index (χ2n) is 9.34. The SMILES string of the molecule is CCOc1ccc(C2/C(=C(\O)c3ccc(C)cc3)C(=O)C(=O)N2c2nnc(SCc3ccccc3F)s2)cc1OCC. The number of benzene rings is 3. The van der Waals surface area contributed by atoms with E-state index < -0.39 is 17.7 Å². The van der Waals surface area contributed by atoms with Crippen LogP contribution in [0.5, 0.6) is 11.5 Å². The molecule has 216 valence electrons. The number of carbonyl (C=O) groups is 2. The number of hydrogen-bond donors (Lipinski definition) is 1. The van der Waals surface area contributed by atoms with Gasteiger partial charge in [-0.05, 0) is 50.1 Å². The number of Topliss-reactive ketones (excluding diaryl/α,β-unsaturated/α-hetero) is 1. The molecule has 0 aliphatic carbocycles. The Kier molecular flexibility index (Phi) is 8.89. The number of aryl methyl sites for hydroxylation is 1. The summed E-state index contributed by atoms with van der Waals surface area (Å²) in [4.78, 5) is 28.3. The molecule has 8 nitrogen and oxygen atoms in total. The summed E-state index contributed by atoms with van der Waals surface area (Å²) in [5.41, 5.74) is 2.33. The van der Waals surface area contributed by atoms with Crippen molar-refractivity contribution in [1.29, 1.82) is 0 Å². The number of halogens is 1. The molecule has 0 bridgehead atoms. The monoisotopic (exact) mass is 605 g/mol. The van der Waals surface area contributed by atoms with Gasteiger partial charge >= 0.3 is 5.91 Å². The van der Waals surface area contributed by atoms with Gasteiger partial charge in [0.15, 0.2) is 15.8 Å². The van der Waals surface area contributed by atoms with E-state index in [1.54, 1.807) is 48.5 Å². The summed E-state index contributed by atoms with van der Waals surface area (Å²) in [6.45, 7) is 6.40. The first-order chi connectivity index (χ1) is 20.3. The molecule has 1 fully saturated rings. The number of carbonyl (C=O) groups excluding carboxylic acids is 2. The van der Waals surface area contributed by atoms with Gasteiger partial charge in [-0.1, -0.05) is 77.2 Å². The standard InChI is InChI=1S/C31H28FN3O5S2/c1-4-39-23-15-14-20(16-24(23)40-5-2)26-25(27(36)19-12-10-18(3)11-13-19)28(37)29(38)35(26)30-33-34-31(42-30)41-17-21-8-6-7-9-22(21)32/h6-16,26,36H,4-5,17H2,1-3H3/b27-25+. The fourth-order valence-corrected chi connectivity index (χ4v) is 6.42. The zero-order chi connectivity index (χ0) is 29.8. The van der Waals surface area contributed by atoms with Crippen LogP contribution in [0.3, 0.4) is 0 Å². The lowest BCUT2D eigenvalue weighted by Crippen LogP contribution is -2.29. The summed E-state index contributed by atoms with van der Waals surface area (Å²) >= 11 is 2.38. The van der Waals surface area contributed by atoms with E-state index >= 15 is 0 Å². The molecule has 11 heteroatoms. The molecule has 1 N–H and O–H groups in total. The lowest BCUT2D eigenvalue weighted by Gasteiger charge is -2.23. The van der Waals surface area contributed by atoms with Crippen LogP contribution in [0.4, 0.5) is 9.52 Å². The molecule has 1 atom stereocenters. The number of rotatable bonds is 10. The smallest absolute Gasteiger partial charge is 0.301 e. The highest BCUT2D eigenvalue weighted by atomic mass is 32.2. The van der Waals surface area contributed by atoms with Gasteiger partial charge < -0.3 is 14.6 Å². The van der Waals surface area contributed by atoms with Gasteiger partial charge in [0.05, 0.1) is 24.8 Å². The Morgan fingerprint density at radius 2 is 1.71 bits per heavy atom. The number of hydrogen-bond acceptors (Lipinski definition) is 9. The molecule has 42 heavy (non-hydrogen) atoms. The van der Waals surface area contributed by atoms with Crippen LogP contribution in [-0.2, 0) is 15.3 Å². The van der Waals surface area contributed by atoms with Crippen LogP contribution in [0.15, 0.2) is 76.6 Å². The highest BCUT2D eigenvalue weighted by molar-refractivity contribution is 8.00. The van der Waals surface area contributed by atoms with E-state index in [0.29, 0.717) is 51.5 Å². The minimum absolute atomic E-state index is 0.0776. The Balaban J connectivity index is 1.59. The zero-order valence-electron chi connectivity index (χ0n) is 23.2. The molecule has 3 aromatic carbocycles. The van der Waals surface area contributed by atoms with Crippen molar-refractivity contribution in [3.63, 3.8) is 0 Å². The predicted octanol–water partition coefficient (Wildman–Crippen LogP) is 6.70. The molecule has 4 aromatic rings. The maximum absolute atomic E-state index is 14.1. The van der Waals surface area contributed by atoms with E-state index in [9.17, 15) is 19.1 Å². The fourth-order valence-electron chi connectivity index (χ4n) is 4.56. The quantitative estimate of drug-likeness (QED) is 0.0701. The first-order valence-electron chi connectivity index (χ1n) is 13.3. The van der Waals surface area contributed by atoms with Gasteiger partial charge in [-0.2, -0.15) is 0 Å². The van der Waals surface area contributed by atoms with Crippen molar-refractivity contribution in [2.45, 2.75) is 36.9 Å². The minimum atomic E-state index is -1.02. The number of ketones is 1. The van der Waals surface area contributed by atoms with Crippen LogP contribution < -0.4 is 14.4 Å². The molecule has 1 aliphatic heterocycles.